The van der Waals surface area contributed by atoms with Crippen LogP contribution in [0.2, 0.25) is 18.1 Å². The summed E-state index contributed by atoms with van der Waals surface area (Å²) in [4.78, 5) is 2.33. The molecule has 0 aromatic heterocycles. The van der Waals surface area contributed by atoms with Crippen molar-refractivity contribution in [1.29, 1.82) is 0 Å². The summed E-state index contributed by atoms with van der Waals surface area (Å²) in [5.74, 6) is 1.01. The van der Waals surface area contributed by atoms with Gasteiger partial charge in [-0.1, -0.05) is 26.8 Å². The molecule has 1 rings (SSSR count). The van der Waals surface area contributed by atoms with Crippen molar-refractivity contribution in [2.75, 3.05) is 27.3 Å². The van der Waals surface area contributed by atoms with Crippen molar-refractivity contribution in [1.82, 2.24) is 4.90 Å². The molecule has 0 spiro atoms. The second-order valence-corrected chi connectivity index (χ2v) is 13.8. The molecule has 1 aliphatic rings. The fourth-order valence-corrected chi connectivity index (χ4v) is 4.31. The first-order valence-corrected chi connectivity index (χ1v) is 12.9. The largest absolute Gasteiger partial charge is 0.494 e. The molecule has 150 valence electrons. The predicted molar refractivity (Wildman–Crippen MR) is 116 cm³/mol. The van der Waals surface area contributed by atoms with Gasteiger partial charge in [0.2, 0.25) is 0 Å². The van der Waals surface area contributed by atoms with Crippen molar-refractivity contribution in [2.45, 2.75) is 77.0 Å². The molecule has 0 N–H and O–H groups in total. The van der Waals surface area contributed by atoms with E-state index in [1.807, 2.05) is 13.0 Å². The molecule has 0 aromatic carbocycles. The van der Waals surface area contributed by atoms with Gasteiger partial charge in [-0.15, -0.1) is 6.58 Å². The lowest BCUT2D eigenvalue weighted by Gasteiger charge is -2.39. The number of likely N-dealkylation sites (N-methyl/N-ethyl adjacent to an activating group) is 1. The molecule has 0 saturated carbocycles. The van der Waals surface area contributed by atoms with E-state index in [2.05, 4.69) is 71.6 Å². The Morgan fingerprint density at radius 3 is 2.42 bits per heavy atom. The Hall–Kier alpha value is -0.843. The molecule has 0 fully saturated rings. The van der Waals surface area contributed by atoms with E-state index >= 15 is 0 Å². The number of allylic oxidation sites excluding steroid dienone is 2. The van der Waals surface area contributed by atoms with Crippen LogP contribution in [0.3, 0.4) is 0 Å². The van der Waals surface area contributed by atoms with Crippen LogP contribution in [0.1, 0.15) is 53.4 Å². The third-order valence-electron chi connectivity index (χ3n) is 5.95. The monoisotopic (exact) mass is 379 g/mol. The maximum atomic E-state index is 6.40. The summed E-state index contributed by atoms with van der Waals surface area (Å²) in [6, 6.07) is 0. The van der Waals surface area contributed by atoms with Crippen molar-refractivity contribution in [3.8, 4) is 0 Å². The van der Waals surface area contributed by atoms with Crippen LogP contribution in [-0.4, -0.2) is 46.1 Å². The van der Waals surface area contributed by atoms with E-state index in [-0.39, 0.29) is 10.6 Å². The smallest absolute Gasteiger partial charge is 0.191 e. The second-order valence-electron chi connectivity index (χ2n) is 9.01. The van der Waals surface area contributed by atoms with Gasteiger partial charge in [0.1, 0.15) is 5.76 Å². The maximum absolute atomic E-state index is 6.40. The Bertz CT molecular complexity index is 529. The topological polar surface area (TPSA) is 21.7 Å². The summed E-state index contributed by atoms with van der Waals surface area (Å²) in [5.41, 5.74) is 1.36. The van der Waals surface area contributed by atoms with Crippen LogP contribution < -0.4 is 0 Å². The Labute approximate surface area is 163 Å². The fourth-order valence-electron chi connectivity index (χ4n) is 3.22. The SMILES string of the molecule is C=CCCC1=CC(OCC)=CC1(CCCO[Si](C)(C)C(C)(C)C)N(C)C. The van der Waals surface area contributed by atoms with Gasteiger partial charge in [-0.25, -0.2) is 0 Å². The van der Waals surface area contributed by atoms with E-state index in [0.29, 0.717) is 6.61 Å². The first-order valence-electron chi connectivity index (χ1n) is 9.99. The van der Waals surface area contributed by atoms with Gasteiger partial charge in [-0.3, -0.25) is 4.90 Å². The molecule has 1 aliphatic carbocycles. The average molecular weight is 380 g/mol. The molecule has 0 amide bonds. The number of nitrogens with zero attached hydrogens (tertiary/aromatic N) is 1. The van der Waals surface area contributed by atoms with E-state index < -0.39 is 8.32 Å². The standard InChI is InChI=1S/C22H41NO2Si/c1-10-12-14-19-17-20(24-11-2)18-22(19,23(6)7)15-13-16-25-26(8,9)21(3,4)5/h10,17-18H,1,11-16H2,2-9H3. The van der Waals surface area contributed by atoms with Crippen LogP contribution in [0.15, 0.2) is 36.1 Å². The maximum Gasteiger partial charge on any atom is 0.191 e. The highest BCUT2D eigenvalue weighted by Crippen LogP contribution is 2.40. The summed E-state index contributed by atoms with van der Waals surface area (Å²) in [6.45, 7) is 19.0. The van der Waals surface area contributed by atoms with Crippen LogP contribution in [0, 0.1) is 0 Å². The van der Waals surface area contributed by atoms with Crippen molar-refractivity contribution >= 4 is 8.32 Å². The first-order chi connectivity index (χ1) is 12.0. The van der Waals surface area contributed by atoms with E-state index in [9.17, 15) is 0 Å². The van der Waals surface area contributed by atoms with Crippen LogP contribution >= 0.6 is 0 Å². The Morgan fingerprint density at radius 1 is 1.27 bits per heavy atom. The minimum atomic E-state index is -1.68. The Kier molecular flexibility index (Phi) is 8.37. The molecule has 0 radical (unpaired) electrons. The molecule has 3 nitrogen and oxygen atoms in total. The number of hydrogen-bond donors (Lipinski definition) is 0. The minimum Gasteiger partial charge on any atom is -0.494 e. The van der Waals surface area contributed by atoms with Crippen LogP contribution in [0.5, 0.6) is 0 Å². The van der Waals surface area contributed by atoms with Gasteiger partial charge in [0.05, 0.1) is 12.1 Å². The van der Waals surface area contributed by atoms with Crippen molar-refractivity contribution in [3.63, 3.8) is 0 Å². The molecule has 0 aliphatic heterocycles. The lowest BCUT2D eigenvalue weighted by molar-refractivity contribution is 0.197. The summed E-state index contributed by atoms with van der Waals surface area (Å²) in [6.07, 6.45) is 10.7. The Morgan fingerprint density at radius 2 is 1.92 bits per heavy atom. The highest BCUT2D eigenvalue weighted by atomic mass is 28.4. The van der Waals surface area contributed by atoms with Gasteiger partial charge in [-0.05, 0) is 82.6 Å². The number of ether oxygens (including phenoxy) is 1. The molecular weight excluding hydrogens is 338 g/mol. The van der Waals surface area contributed by atoms with Gasteiger partial charge >= 0.3 is 0 Å². The zero-order chi connectivity index (χ0) is 20.0. The van der Waals surface area contributed by atoms with E-state index in [4.69, 9.17) is 9.16 Å². The lowest BCUT2D eigenvalue weighted by Crippen LogP contribution is -2.44. The van der Waals surface area contributed by atoms with E-state index in [0.717, 1.165) is 38.0 Å². The normalized spacial score (nSPS) is 21.0. The van der Waals surface area contributed by atoms with Gasteiger partial charge in [0.25, 0.3) is 0 Å². The summed E-state index contributed by atoms with van der Waals surface area (Å²) >= 11 is 0. The fraction of sp³-hybridized carbons (Fsp3) is 0.727. The highest BCUT2D eigenvalue weighted by molar-refractivity contribution is 6.74. The molecule has 0 aromatic rings. The zero-order valence-electron chi connectivity index (χ0n) is 18.4. The third kappa shape index (κ3) is 5.58. The zero-order valence-corrected chi connectivity index (χ0v) is 19.4. The molecule has 0 saturated heterocycles. The quantitative estimate of drug-likeness (QED) is 0.253. The summed E-state index contributed by atoms with van der Waals surface area (Å²) < 4.78 is 12.2. The third-order valence-corrected chi connectivity index (χ3v) is 10.5. The molecular formula is C22H41NO2Si. The molecule has 26 heavy (non-hydrogen) atoms. The first kappa shape index (κ1) is 23.2. The predicted octanol–water partition coefficient (Wildman–Crippen LogP) is 5.92. The summed E-state index contributed by atoms with van der Waals surface area (Å²) in [7, 11) is 2.66. The lowest BCUT2D eigenvalue weighted by atomic mass is 9.84. The van der Waals surface area contributed by atoms with E-state index in [1.165, 1.54) is 5.57 Å². The van der Waals surface area contributed by atoms with Crippen molar-refractivity contribution in [2.24, 2.45) is 0 Å². The molecule has 0 bridgehead atoms. The van der Waals surface area contributed by atoms with E-state index in [1.54, 1.807) is 0 Å². The second kappa shape index (κ2) is 9.38. The highest BCUT2D eigenvalue weighted by Gasteiger charge is 2.39. The van der Waals surface area contributed by atoms with Gasteiger partial charge in [0, 0.05) is 6.61 Å². The minimum absolute atomic E-state index is 0.0652. The van der Waals surface area contributed by atoms with Crippen molar-refractivity contribution in [3.05, 3.63) is 36.1 Å². The molecule has 1 atom stereocenters. The van der Waals surface area contributed by atoms with Gasteiger partial charge < -0.3 is 9.16 Å². The van der Waals surface area contributed by atoms with Gasteiger partial charge in [0.15, 0.2) is 8.32 Å². The van der Waals surface area contributed by atoms with Gasteiger partial charge in [-0.2, -0.15) is 0 Å². The molecule has 1 unspecified atom stereocenters. The number of hydrogen-bond acceptors (Lipinski definition) is 3. The van der Waals surface area contributed by atoms with Crippen molar-refractivity contribution < 1.29 is 9.16 Å². The van der Waals surface area contributed by atoms with Crippen LogP contribution in [0.25, 0.3) is 0 Å². The molecule has 0 heterocycles. The van der Waals surface area contributed by atoms with Crippen LogP contribution in [0.4, 0.5) is 0 Å². The molecule has 4 heteroatoms. The average Bonchev–Trinajstić information content (AvgIpc) is 2.87. The summed E-state index contributed by atoms with van der Waals surface area (Å²) in [5, 5.41) is 0.261. The number of rotatable bonds is 11. The van der Waals surface area contributed by atoms with Crippen LogP contribution in [-0.2, 0) is 9.16 Å². The Balaban J connectivity index is 2.85.